The number of aryl methyl sites for hydroxylation is 1. The van der Waals surface area contributed by atoms with E-state index in [1.165, 1.54) is 6.20 Å². The van der Waals surface area contributed by atoms with Crippen LogP contribution >= 0.6 is 0 Å². The lowest BCUT2D eigenvalue weighted by atomic mass is 10.1. The first kappa shape index (κ1) is 13.6. The molecule has 2 aromatic rings. The molecule has 0 radical (unpaired) electrons. The third-order valence-electron chi connectivity index (χ3n) is 2.44. The van der Waals surface area contributed by atoms with Crippen LogP contribution in [0.1, 0.15) is 5.56 Å². The van der Waals surface area contributed by atoms with Crippen LogP contribution in [-0.2, 0) is 10.1 Å². The van der Waals surface area contributed by atoms with Gasteiger partial charge < -0.3 is 4.18 Å². The van der Waals surface area contributed by atoms with Gasteiger partial charge in [-0.15, -0.1) is 0 Å². The maximum absolute atomic E-state index is 12.3. The zero-order valence-electron chi connectivity index (χ0n) is 9.60. The molecule has 0 unspecified atom stereocenters. The number of hydrogen-bond acceptors (Lipinski definition) is 4. The normalized spacial score (nSPS) is 12.6. The highest BCUT2D eigenvalue weighted by Crippen LogP contribution is 2.32. The Kier molecular flexibility index (Phi) is 3.13. The highest BCUT2D eigenvalue weighted by Gasteiger charge is 2.48. The number of pyridine rings is 1. The number of alkyl halides is 3. The van der Waals surface area contributed by atoms with Crippen LogP contribution in [0, 0.1) is 6.92 Å². The summed E-state index contributed by atoms with van der Waals surface area (Å²) >= 11 is 0. The van der Waals surface area contributed by atoms with Gasteiger partial charge in [-0.05, 0) is 12.5 Å². The molecule has 1 heterocycles. The van der Waals surface area contributed by atoms with Gasteiger partial charge in [0.1, 0.15) is 0 Å². The number of rotatable bonds is 2. The molecule has 0 aliphatic carbocycles. The summed E-state index contributed by atoms with van der Waals surface area (Å²) in [6.45, 7) is 1.63. The van der Waals surface area contributed by atoms with Crippen molar-refractivity contribution in [2.45, 2.75) is 12.4 Å². The topological polar surface area (TPSA) is 56.3 Å². The SMILES string of the molecule is Cc1cccc2cncc(OS(=O)(=O)C(F)(F)F)c12. The second-order valence-electron chi connectivity index (χ2n) is 3.79. The Morgan fingerprint density at radius 1 is 1.21 bits per heavy atom. The van der Waals surface area contributed by atoms with Crippen LogP contribution in [0.3, 0.4) is 0 Å². The van der Waals surface area contributed by atoms with Crippen molar-refractivity contribution in [1.82, 2.24) is 4.98 Å². The predicted octanol–water partition coefficient (Wildman–Crippen LogP) is 2.77. The molecule has 0 saturated heterocycles. The van der Waals surface area contributed by atoms with Crippen molar-refractivity contribution in [3.63, 3.8) is 0 Å². The monoisotopic (exact) mass is 291 g/mol. The van der Waals surface area contributed by atoms with Crippen molar-refractivity contribution in [2.24, 2.45) is 0 Å². The van der Waals surface area contributed by atoms with Gasteiger partial charge in [-0.1, -0.05) is 18.2 Å². The van der Waals surface area contributed by atoms with E-state index >= 15 is 0 Å². The van der Waals surface area contributed by atoms with Crippen LogP contribution in [-0.4, -0.2) is 18.9 Å². The fraction of sp³-hybridized carbons (Fsp3) is 0.182. The maximum atomic E-state index is 12.3. The minimum atomic E-state index is -5.70. The maximum Gasteiger partial charge on any atom is 0.534 e. The van der Waals surface area contributed by atoms with E-state index in [0.717, 1.165) is 6.20 Å². The summed E-state index contributed by atoms with van der Waals surface area (Å²) in [5.41, 5.74) is -4.88. The van der Waals surface area contributed by atoms with E-state index in [-0.39, 0.29) is 5.39 Å². The first-order valence-corrected chi connectivity index (χ1v) is 6.47. The molecule has 19 heavy (non-hydrogen) atoms. The average molecular weight is 291 g/mol. The highest BCUT2D eigenvalue weighted by molar-refractivity contribution is 7.88. The minimum Gasteiger partial charge on any atom is -0.374 e. The minimum absolute atomic E-state index is 0.283. The van der Waals surface area contributed by atoms with E-state index in [9.17, 15) is 21.6 Å². The number of nitrogens with zero attached hydrogens (tertiary/aromatic N) is 1. The van der Waals surface area contributed by atoms with Gasteiger partial charge >= 0.3 is 15.6 Å². The third-order valence-corrected chi connectivity index (χ3v) is 3.41. The Morgan fingerprint density at radius 3 is 2.53 bits per heavy atom. The highest BCUT2D eigenvalue weighted by atomic mass is 32.2. The molecule has 0 fully saturated rings. The molecule has 2 rings (SSSR count). The summed E-state index contributed by atoms with van der Waals surface area (Å²) < 4.78 is 63.0. The molecule has 0 N–H and O–H groups in total. The Labute approximate surface area is 107 Å². The first-order chi connectivity index (χ1) is 8.72. The fourth-order valence-corrected chi connectivity index (χ4v) is 2.07. The van der Waals surface area contributed by atoms with Crippen molar-refractivity contribution < 1.29 is 25.8 Å². The Bertz CT molecular complexity index is 720. The molecule has 0 atom stereocenters. The molecule has 0 saturated carbocycles. The lowest BCUT2D eigenvalue weighted by Gasteiger charge is -2.12. The quantitative estimate of drug-likeness (QED) is 0.630. The second kappa shape index (κ2) is 4.37. The van der Waals surface area contributed by atoms with Gasteiger partial charge in [-0.2, -0.15) is 21.6 Å². The Morgan fingerprint density at radius 2 is 1.89 bits per heavy atom. The van der Waals surface area contributed by atoms with Crippen molar-refractivity contribution in [3.8, 4) is 5.75 Å². The average Bonchev–Trinajstić information content (AvgIpc) is 2.27. The van der Waals surface area contributed by atoms with Gasteiger partial charge in [0.05, 0.1) is 6.20 Å². The second-order valence-corrected chi connectivity index (χ2v) is 5.33. The standard InChI is InChI=1S/C11H8F3NO3S/c1-7-3-2-4-8-5-15-6-9(10(7)8)18-19(16,17)11(12,13)14/h2-6H,1H3. The summed E-state index contributed by atoms with van der Waals surface area (Å²) in [5, 5.41) is 0.778. The molecule has 0 aliphatic heterocycles. The number of fused-ring (bicyclic) bond motifs is 1. The van der Waals surface area contributed by atoms with E-state index in [1.54, 1.807) is 25.1 Å². The summed E-state index contributed by atoms with van der Waals surface area (Å²) in [5.74, 6) is -0.437. The number of halogens is 3. The van der Waals surface area contributed by atoms with E-state index in [2.05, 4.69) is 9.17 Å². The van der Waals surface area contributed by atoms with Crippen LogP contribution in [0.15, 0.2) is 30.6 Å². The van der Waals surface area contributed by atoms with Crippen molar-refractivity contribution >= 4 is 20.9 Å². The largest absolute Gasteiger partial charge is 0.534 e. The fourth-order valence-electron chi connectivity index (χ4n) is 1.61. The third kappa shape index (κ3) is 2.48. The lowest BCUT2D eigenvalue weighted by molar-refractivity contribution is -0.0499. The molecule has 0 aliphatic rings. The van der Waals surface area contributed by atoms with Crippen molar-refractivity contribution in [1.29, 1.82) is 0 Å². The summed E-state index contributed by atoms with van der Waals surface area (Å²) in [6, 6.07) is 4.92. The zero-order valence-corrected chi connectivity index (χ0v) is 10.4. The van der Waals surface area contributed by atoms with E-state index < -0.39 is 21.4 Å². The molecule has 0 spiro atoms. The summed E-state index contributed by atoms with van der Waals surface area (Å²) in [7, 11) is -5.70. The van der Waals surface area contributed by atoms with Crippen molar-refractivity contribution in [2.75, 3.05) is 0 Å². The molecular weight excluding hydrogens is 283 g/mol. The number of benzene rings is 1. The number of aromatic nitrogens is 1. The van der Waals surface area contributed by atoms with E-state index in [4.69, 9.17) is 0 Å². The van der Waals surface area contributed by atoms with Crippen LogP contribution < -0.4 is 4.18 Å². The van der Waals surface area contributed by atoms with Crippen LogP contribution in [0.25, 0.3) is 10.8 Å². The summed E-state index contributed by atoms with van der Waals surface area (Å²) in [4.78, 5) is 3.66. The molecule has 4 nitrogen and oxygen atoms in total. The molecule has 102 valence electrons. The Balaban J connectivity index is 2.60. The van der Waals surface area contributed by atoms with Crippen LogP contribution in [0.5, 0.6) is 5.75 Å². The van der Waals surface area contributed by atoms with Gasteiger partial charge in [-0.25, -0.2) is 0 Å². The molecule has 8 heteroatoms. The van der Waals surface area contributed by atoms with Gasteiger partial charge in [-0.3, -0.25) is 4.98 Å². The van der Waals surface area contributed by atoms with Crippen LogP contribution in [0.4, 0.5) is 13.2 Å². The zero-order chi connectivity index (χ0) is 14.3. The van der Waals surface area contributed by atoms with Gasteiger partial charge in [0.25, 0.3) is 0 Å². The van der Waals surface area contributed by atoms with Gasteiger partial charge in [0.15, 0.2) is 5.75 Å². The van der Waals surface area contributed by atoms with E-state index in [0.29, 0.717) is 10.9 Å². The molecule has 0 bridgehead atoms. The first-order valence-electron chi connectivity index (χ1n) is 5.06. The predicted molar refractivity (Wildman–Crippen MR) is 62.1 cm³/mol. The van der Waals surface area contributed by atoms with Gasteiger partial charge in [0.2, 0.25) is 0 Å². The molecule has 1 aromatic carbocycles. The van der Waals surface area contributed by atoms with E-state index in [1.807, 2.05) is 0 Å². The Hall–Kier alpha value is -1.83. The lowest BCUT2D eigenvalue weighted by Crippen LogP contribution is -2.28. The smallest absolute Gasteiger partial charge is 0.374 e. The molecule has 1 aromatic heterocycles. The summed E-state index contributed by atoms with van der Waals surface area (Å²) in [6.07, 6.45) is 2.36. The van der Waals surface area contributed by atoms with Crippen LogP contribution in [0.2, 0.25) is 0 Å². The van der Waals surface area contributed by atoms with Crippen molar-refractivity contribution in [3.05, 3.63) is 36.2 Å². The number of hydrogen-bond donors (Lipinski definition) is 0. The molecule has 0 amide bonds. The van der Waals surface area contributed by atoms with Gasteiger partial charge in [0, 0.05) is 17.0 Å². The molecular formula is C11H8F3NO3S.